The quantitative estimate of drug-likeness (QED) is 0.278. The molecule has 0 spiro atoms. The topological polar surface area (TPSA) is 198 Å². The number of nitrogens with one attached hydrogen (secondary N) is 1. The number of aliphatic hydroxyl groups excluding tert-OH is 3. The van der Waals surface area contributed by atoms with E-state index in [-0.39, 0.29) is 18.0 Å². The lowest BCUT2D eigenvalue weighted by Crippen LogP contribution is -2.34. The first-order chi connectivity index (χ1) is 14.1. The predicted molar refractivity (Wildman–Crippen MR) is 102 cm³/mol. The van der Waals surface area contributed by atoms with Gasteiger partial charge in [-0.05, 0) is 6.92 Å². The van der Waals surface area contributed by atoms with Crippen molar-refractivity contribution < 1.29 is 38.4 Å². The average molecular weight is 450 g/mol. The number of hydrogen-bond acceptors (Lipinski definition) is 11. The Labute approximate surface area is 170 Å². The van der Waals surface area contributed by atoms with Crippen LogP contribution in [-0.4, -0.2) is 83.7 Å². The number of anilines is 2. The van der Waals surface area contributed by atoms with Crippen LogP contribution in [-0.2, 0) is 13.8 Å². The Bertz CT molecular complexity index is 946. The Balaban J connectivity index is 1.83. The normalized spacial score (nSPS) is 28.4. The van der Waals surface area contributed by atoms with E-state index in [1.807, 2.05) is 0 Å². The maximum Gasteiger partial charge on any atom is 0.356 e. The maximum absolute atomic E-state index is 13.3. The van der Waals surface area contributed by atoms with Gasteiger partial charge in [0.15, 0.2) is 29.1 Å². The fourth-order valence-electron chi connectivity index (χ4n) is 3.14. The fourth-order valence-corrected chi connectivity index (χ4v) is 3.89. The van der Waals surface area contributed by atoms with Crippen LogP contribution < -0.4 is 11.1 Å². The summed E-state index contributed by atoms with van der Waals surface area (Å²) in [4.78, 5) is 21.9. The summed E-state index contributed by atoms with van der Waals surface area (Å²) in [6.07, 6.45) is -5.67. The van der Waals surface area contributed by atoms with Crippen molar-refractivity contribution in [1.29, 1.82) is 0 Å². The van der Waals surface area contributed by atoms with Gasteiger partial charge in [0.05, 0.1) is 18.5 Å². The van der Waals surface area contributed by atoms with Gasteiger partial charge in [-0.1, -0.05) is 0 Å². The SMILES string of the molecule is CNc1nc(N)nc2c1ncn2C1O[C@H](CC(CF)OP(=O)(O)C(C)O)[C@@H](O)[C@H]1O. The highest BCUT2D eigenvalue weighted by Crippen LogP contribution is 2.48. The molecule has 0 bridgehead atoms. The van der Waals surface area contributed by atoms with Crippen LogP contribution in [0.3, 0.4) is 0 Å². The van der Waals surface area contributed by atoms with Crippen molar-refractivity contribution in [3.05, 3.63) is 6.33 Å². The molecule has 0 radical (unpaired) electrons. The zero-order valence-electron chi connectivity index (χ0n) is 16.2. The number of fused-ring (bicyclic) bond motifs is 1. The molecule has 1 aliphatic heterocycles. The summed E-state index contributed by atoms with van der Waals surface area (Å²) in [6.45, 7) is -0.137. The molecule has 4 unspecified atom stereocenters. The molecule has 2 aromatic rings. The Hall–Kier alpha value is -1.93. The Morgan fingerprint density at radius 1 is 1.43 bits per heavy atom. The molecule has 0 aromatic carbocycles. The zero-order valence-corrected chi connectivity index (χ0v) is 17.1. The first-order valence-corrected chi connectivity index (χ1v) is 10.7. The van der Waals surface area contributed by atoms with Crippen molar-refractivity contribution in [1.82, 2.24) is 19.5 Å². The summed E-state index contributed by atoms with van der Waals surface area (Å²) in [6, 6.07) is 0. The van der Waals surface area contributed by atoms with Crippen LogP contribution in [0.25, 0.3) is 11.2 Å². The lowest BCUT2D eigenvalue weighted by atomic mass is 10.1. The predicted octanol–water partition coefficient (Wildman–Crippen LogP) is -0.662. The summed E-state index contributed by atoms with van der Waals surface area (Å²) < 4.78 is 37.0. The third kappa shape index (κ3) is 4.25. The Morgan fingerprint density at radius 2 is 2.13 bits per heavy atom. The van der Waals surface area contributed by atoms with Crippen LogP contribution in [0.15, 0.2) is 6.33 Å². The van der Waals surface area contributed by atoms with Gasteiger partial charge in [-0.25, -0.2) is 9.37 Å². The molecule has 3 heterocycles. The number of hydrogen-bond donors (Lipinski definition) is 6. The standard InChI is InChI=1S/C15H24FN6O7P/c1-6(23)30(26,27)29-7(4-16)3-8-10(24)11(25)14(28-8)22-5-19-9-12(18-2)20-15(17)21-13(9)22/h5-8,10-11,14,23-25H,3-4H2,1-2H3,(H,26,27)(H3,17,18,20,21)/t6?,7?,8-,10-,11-,14?/m1/s1. The second-order valence-corrected chi connectivity index (χ2v) is 8.95. The van der Waals surface area contributed by atoms with Gasteiger partial charge in [-0.15, -0.1) is 0 Å². The number of aliphatic hydroxyl groups is 3. The van der Waals surface area contributed by atoms with Crippen LogP contribution in [0.1, 0.15) is 19.6 Å². The molecule has 0 aliphatic carbocycles. The van der Waals surface area contributed by atoms with E-state index in [0.29, 0.717) is 11.3 Å². The first-order valence-electron chi connectivity index (χ1n) is 9.03. The van der Waals surface area contributed by atoms with E-state index in [9.17, 15) is 29.2 Å². The van der Waals surface area contributed by atoms with Gasteiger partial charge in [0.25, 0.3) is 0 Å². The van der Waals surface area contributed by atoms with Crippen molar-refractivity contribution in [2.45, 2.75) is 49.8 Å². The third-order valence-corrected chi connectivity index (χ3v) is 6.27. The molecule has 7 N–H and O–H groups in total. The number of nitrogen functional groups attached to an aromatic ring is 1. The van der Waals surface area contributed by atoms with E-state index in [1.165, 1.54) is 10.9 Å². The molecule has 30 heavy (non-hydrogen) atoms. The van der Waals surface area contributed by atoms with Gasteiger partial charge in [0.2, 0.25) is 5.95 Å². The highest BCUT2D eigenvalue weighted by atomic mass is 31.2. The maximum atomic E-state index is 13.3. The summed E-state index contributed by atoms with van der Waals surface area (Å²) in [5, 5.41) is 33.0. The number of alkyl halides is 1. The molecule has 0 saturated carbocycles. The van der Waals surface area contributed by atoms with Crippen LogP contribution >= 0.6 is 7.60 Å². The molecule has 7 atom stereocenters. The van der Waals surface area contributed by atoms with E-state index in [2.05, 4.69) is 20.3 Å². The molecule has 1 aliphatic rings. The minimum Gasteiger partial charge on any atom is -0.388 e. The smallest absolute Gasteiger partial charge is 0.356 e. The average Bonchev–Trinajstić information content (AvgIpc) is 3.22. The number of rotatable bonds is 8. The van der Waals surface area contributed by atoms with Crippen LogP contribution in [0.5, 0.6) is 0 Å². The number of nitrogens with zero attached hydrogens (tertiary/aromatic N) is 4. The van der Waals surface area contributed by atoms with Crippen molar-refractivity contribution >= 4 is 30.5 Å². The van der Waals surface area contributed by atoms with Crippen LogP contribution in [0, 0.1) is 0 Å². The largest absolute Gasteiger partial charge is 0.388 e. The molecular weight excluding hydrogens is 426 g/mol. The summed E-state index contributed by atoms with van der Waals surface area (Å²) in [5.74, 6) is -1.42. The van der Waals surface area contributed by atoms with Gasteiger partial charge in [-0.3, -0.25) is 9.13 Å². The van der Waals surface area contributed by atoms with Crippen molar-refractivity contribution in [3.8, 4) is 0 Å². The lowest BCUT2D eigenvalue weighted by Gasteiger charge is -2.24. The highest BCUT2D eigenvalue weighted by Gasteiger charge is 2.46. The van der Waals surface area contributed by atoms with E-state index in [0.717, 1.165) is 6.92 Å². The summed E-state index contributed by atoms with van der Waals surface area (Å²) in [5.41, 5.74) is 6.28. The van der Waals surface area contributed by atoms with Crippen LogP contribution in [0.2, 0.25) is 0 Å². The number of ether oxygens (including phenoxy) is 1. The number of aromatic nitrogens is 4. The van der Waals surface area contributed by atoms with Gasteiger partial charge >= 0.3 is 7.60 Å². The molecular formula is C15H24FN6O7P. The minimum atomic E-state index is -4.48. The van der Waals surface area contributed by atoms with Crippen molar-refractivity contribution in [2.75, 3.05) is 24.8 Å². The van der Waals surface area contributed by atoms with E-state index >= 15 is 0 Å². The zero-order chi connectivity index (χ0) is 22.2. The molecule has 13 nitrogen and oxygen atoms in total. The molecule has 1 fully saturated rings. The molecule has 2 aromatic heterocycles. The Kier molecular flexibility index (Phi) is 6.57. The fraction of sp³-hybridized carbons (Fsp3) is 0.667. The van der Waals surface area contributed by atoms with Gasteiger partial charge in [0, 0.05) is 13.5 Å². The van der Waals surface area contributed by atoms with E-state index < -0.39 is 50.8 Å². The molecule has 15 heteroatoms. The number of nitrogens with two attached hydrogens (primary N) is 1. The van der Waals surface area contributed by atoms with E-state index in [4.69, 9.17) is 15.0 Å². The number of imidazole rings is 1. The summed E-state index contributed by atoms with van der Waals surface area (Å²) >= 11 is 0. The van der Waals surface area contributed by atoms with E-state index in [1.54, 1.807) is 7.05 Å². The van der Waals surface area contributed by atoms with Crippen LogP contribution in [0.4, 0.5) is 16.2 Å². The molecule has 1 saturated heterocycles. The second-order valence-electron chi connectivity index (χ2n) is 6.86. The Morgan fingerprint density at radius 3 is 2.73 bits per heavy atom. The first kappa shape index (κ1) is 22.7. The highest BCUT2D eigenvalue weighted by molar-refractivity contribution is 7.53. The number of halogens is 1. The molecule has 3 rings (SSSR count). The van der Waals surface area contributed by atoms with Crippen molar-refractivity contribution in [2.24, 2.45) is 0 Å². The lowest BCUT2D eigenvalue weighted by molar-refractivity contribution is -0.0495. The van der Waals surface area contributed by atoms with Gasteiger partial charge in [-0.2, -0.15) is 9.97 Å². The monoisotopic (exact) mass is 450 g/mol. The van der Waals surface area contributed by atoms with Gasteiger partial charge in [0.1, 0.15) is 18.9 Å². The molecule has 168 valence electrons. The minimum absolute atomic E-state index is 0.0547. The summed E-state index contributed by atoms with van der Waals surface area (Å²) in [7, 11) is -2.86. The third-order valence-electron chi connectivity index (χ3n) is 4.73. The van der Waals surface area contributed by atoms with Gasteiger partial charge < -0.3 is 40.5 Å². The van der Waals surface area contributed by atoms with Crippen molar-refractivity contribution in [3.63, 3.8) is 0 Å². The molecule has 0 amide bonds. The second kappa shape index (κ2) is 8.67.